The second kappa shape index (κ2) is 7.47. The highest BCUT2D eigenvalue weighted by molar-refractivity contribution is 5.91. The van der Waals surface area contributed by atoms with E-state index < -0.39 is 11.6 Å². The number of oxazole rings is 1. The van der Waals surface area contributed by atoms with Gasteiger partial charge in [-0.2, -0.15) is 0 Å². The summed E-state index contributed by atoms with van der Waals surface area (Å²) in [5.41, 5.74) is 3.01. The zero-order valence-corrected chi connectivity index (χ0v) is 14.5. The molecular formula is C20H18F2N2O2. The van der Waals surface area contributed by atoms with E-state index in [2.05, 4.69) is 10.3 Å². The molecule has 0 spiro atoms. The number of hydrogen-bond acceptors (Lipinski definition) is 3. The first kappa shape index (κ1) is 17.8. The minimum Gasteiger partial charge on any atom is -0.441 e. The molecule has 134 valence electrons. The molecule has 0 bridgehead atoms. The molecule has 0 aliphatic heterocycles. The second-order valence-corrected chi connectivity index (χ2v) is 6.11. The number of hydrogen-bond donors (Lipinski definition) is 1. The Hall–Kier alpha value is -3.02. The number of nitrogens with one attached hydrogen (secondary N) is 1. The Balaban J connectivity index is 1.61. The lowest BCUT2D eigenvalue weighted by atomic mass is 10.1. The van der Waals surface area contributed by atoms with Gasteiger partial charge in [0.1, 0.15) is 11.6 Å². The third kappa shape index (κ3) is 4.14. The van der Waals surface area contributed by atoms with Crippen molar-refractivity contribution in [2.24, 2.45) is 0 Å². The topological polar surface area (TPSA) is 55.1 Å². The fourth-order valence-electron chi connectivity index (χ4n) is 2.63. The highest BCUT2D eigenvalue weighted by atomic mass is 19.1. The Morgan fingerprint density at radius 3 is 2.69 bits per heavy atom. The van der Waals surface area contributed by atoms with Crippen LogP contribution in [0.1, 0.15) is 23.4 Å². The molecule has 2 aromatic carbocycles. The summed E-state index contributed by atoms with van der Waals surface area (Å²) in [7, 11) is 0. The molecule has 1 aromatic heterocycles. The van der Waals surface area contributed by atoms with E-state index in [0.717, 1.165) is 28.9 Å². The molecular weight excluding hydrogens is 338 g/mol. The molecule has 1 amide bonds. The number of anilines is 1. The summed E-state index contributed by atoms with van der Waals surface area (Å²) >= 11 is 0. The van der Waals surface area contributed by atoms with Gasteiger partial charge in [0.05, 0.1) is 11.8 Å². The lowest BCUT2D eigenvalue weighted by Gasteiger charge is -2.08. The van der Waals surface area contributed by atoms with Gasteiger partial charge in [0.25, 0.3) is 0 Å². The Morgan fingerprint density at radius 1 is 1.15 bits per heavy atom. The molecule has 0 saturated carbocycles. The van der Waals surface area contributed by atoms with Crippen LogP contribution in [0.4, 0.5) is 14.5 Å². The number of aryl methyl sites for hydroxylation is 3. The van der Waals surface area contributed by atoms with E-state index in [1.807, 2.05) is 32.0 Å². The largest absolute Gasteiger partial charge is 0.441 e. The van der Waals surface area contributed by atoms with E-state index in [0.29, 0.717) is 5.89 Å². The van der Waals surface area contributed by atoms with Gasteiger partial charge in [-0.15, -0.1) is 0 Å². The lowest BCUT2D eigenvalue weighted by molar-refractivity contribution is -0.116. The summed E-state index contributed by atoms with van der Waals surface area (Å²) in [5.74, 6) is -1.02. The van der Waals surface area contributed by atoms with Crippen LogP contribution in [0.15, 0.2) is 47.0 Å². The van der Waals surface area contributed by atoms with Crippen LogP contribution in [0.2, 0.25) is 0 Å². The maximum absolute atomic E-state index is 13.8. The van der Waals surface area contributed by atoms with Crippen LogP contribution in [0, 0.1) is 25.5 Å². The van der Waals surface area contributed by atoms with Crippen molar-refractivity contribution in [1.29, 1.82) is 0 Å². The number of amides is 1. The predicted octanol–water partition coefficient (Wildman–Crippen LogP) is 4.81. The van der Waals surface area contributed by atoms with E-state index in [9.17, 15) is 13.6 Å². The van der Waals surface area contributed by atoms with Crippen LogP contribution in [-0.2, 0) is 11.2 Å². The number of rotatable bonds is 5. The molecule has 0 fully saturated rings. The Kier molecular flexibility index (Phi) is 5.11. The van der Waals surface area contributed by atoms with Crippen LogP contribution >= 0.6 is 0 Å². The lowest BCUT2D eigenvalue weighted by Crippen LogP contribution is -2.13. The zero-order chi connectivity index (χ0) is 18.7. The smallest absolute Gasteiger partial charge is 0.224 e. The van der Waals surface area contributed by atoms with Crippen molar-refractivity contribution in [2.45, 2.75) is 26.7 Å². The van der Waals surface area contributed by atoms with Gasteiger partial charge in [-0.3, -0.25) is 4.79 Å². The van der Waals surface area contributed by atoms with Crippen molar-refractivity contribution >= 4 is 11.6 Å². The molecule has 3 rings (SSSR count). The molecule has 1 N–H and O–H groups in total. The second-order valence-electron chi connectivity index (χ2n) is 6.11. The highest BCUT2D eigenvalue weighted by Gasteiger charge is 2.13. The summed E-state index contributed by atoms with van der Waals surface area (Å²) in [6.07, 6.45) is 1.83. The molecule has 0 unspecified atom stereocenters. The van der Waals surface area contributed by atoms with Crippen molar-refractivity contribution in [1.82, 2.24) is 4.98 Å². The quantitative estimate of drug-likeness (QED) is 0.714. The van der Waals surface area contributed by atoms with Gasteiger partial charge < -0.3 is 9.73 Å². The van der Waals surface area contributed by atoms with Gasteiger partial charge in [-0.05, 0) is 37.6 Å². The standard InChI is InChI=1S/C20H18F2N2O2/c1-12-3-6-17(13(2)9-12)24-19(25)7-8-20-23-11-18(26-20)15-5-4-14(21)10-16(15)22/h3-6,9-11H,7-8H2,1-2H3,(H,24,25). The highest BCUT2D eigenvalue weighted by Crippen LogP contribution is 2.24. The molecule has 0 saturated heterocycles. The molecule has 0 radical (unpaired) electrons. The fraction of sp³-hybridized carbons (Fsp3) is 0.200. The number of carbonyl (C=O) groups excluding carboxylic acids is 1. The molecule has 0 atom stereocenters. The number of halogens is 2. The number of aromatic nitrogens is 1. The van der Waals surface area contributed by atoms with E-state index in [4.69, 9.17) is 4.42 Å². The molecule has 26 heavy (non-hydrogen) atoms. The van der Waals surface area contributed by atoms with Gasteiger partial charge in [0.2, 0.25) is 5.91 Å². The predicted molar refractivity (Wildman–Crippen MR) is 94.7 cm³/mol. The minimum absolute atomic E-state index is 0.130. The summed E-state index contributed by atoms with van der Waals surface area (Å²) in [5, 5.41) is 2.85. The van der Waals surface area contributed by atoms with E-state index >= 15 is 0 Å². The Morgan fingerprint density at radius 2 is 1.96 bits per heavy atom. The molecule has 0 aliphatic rings. The number of nitrogens with zero attached hydrogens (tertiary/aromatic N) is 1. The molecule has 4 nitrogen and oxygen atoms in total. The van der Waals surface area contributed by atoms with Crippen LogP contribution < -0.4 is 5.32 Å². The average molecular weight is 356 g/mol. The third-order valence-corrected chi connectivity index (χ3v) is 3.97. The van der Waals surface area contributed by atoms with E-state index in [1.165, 1.54) is 12.3 Å². The normalized spacial score (nSPS) is 10.8. The van der Waals surface area contributed by atoms with Crippen LogP contribution in [0.25, 0.3) is 11.3 Å². The van der Waals surface area contributed by atoms with Crippen LogP contribution in [0.5, 0.6) is 0 Å². The van der Waals surface area contributed by atoms with Gasteiger partial charge in [-0.1, -0.05) is 17.7 Å². The summed E-state index contributed by atoms with van der Waals surface area (Å²) in [6, 6.07) is 9.02. The van der Waals surface area contributed by atoms with Gasteiger partial charge in [0.15, 0.2) is 11.7 Å². The summed E-state index contributed by atoms with van der Waals surface area (Å²) < 4.78 is 32.2. The number of carbonyl (C=O) groups is 1. The maximum atomic E-state index is 13.8. The van der Waals surface area contributed by atoms with Crippen LogP contribution in [0.3, 0.4) is 0 Å². The molecule has 0 aliphatic carbocycles. The van der Waals surface area contributed by atoms with Gasteiger partial charge >= 0.3 is 0 Å². The summed E-state index contributed by atoms with van der Waals surface area (Å²) in [4.78, 5) is 16.2. The summed E-state index contributed by atoms with van der Waals surface area (Å²) in [6.45, 7) is 3.92. The van der Waals surface area contributed by atoms with Crippen molar-refractivity contribution < 1.29 is 18.0 Å². The first-order valence-corrected chi connectivity index (χ1v) is 8.19. The van der Waals surface area contributed by atoms with Crippen molar-refractivity contribution in [3.05, 3.63) is 71.2 Å². The minimum atomic E-state index is -0.722. The Bertz CT molecular complexity index is 951. The van der Waals surface area contributed by atoms with Crippen molar-refractivity contribution in [3.63, 3.8) is 0 Å². The molecule has 1 heterocycles. The van der Waals surface area contributed by atoms with E-state index in [-0.39, 0.29) is 30.1 Å². The first-order chi connectivity index (χ1) is 12.4. The van der Waals surface area contributed by atoms with Crippen molar-refractivity contribution in [2.75, 3.05) is 5.32 Å². The zero-order valence-electron chi connectivity index (χ0n) is 14.5. The van der Waals surface area contributed by atoms with Crippen LogP contribution in [-0.4, -0.2) is 10.9 Å². The monoisotopic (exact) mass is 356 g/mol. The molecule has 6 heteroatoms. The average Bonchev–Trinajstić information content (AvgIpc) is 3.04. The van der Waals surface area contributed by atoms with Crippen molar-refractivity contribution in [3.8, 4) is 11.3 Å². The van der Waals surface area contributed by atoms with Gasteiger partial charge in [-0.25, -0.2) is 13.8 Å². The number of benzene rings is 2. The third-order valence-electron chi connectivity index (χ3n) is 3.97. The maximum Gasteiger partial charge on any atom is 0.224 e. The Labute approximate surface area is 149 Å². The fourth-order valence-corrected chi connectivity index (χ4v) is 2.63. The first-order valence-electron chi connectivity index (χ1n) is 8.19. The molecule has 3 aromatic rings. The van der Waals surface area contributed by atoms with E-state index in [1.54, 1.807) is 0 Å². The van der Waals surface area contributed by atoms with Gasteiger partial charge in [0, 0.05) is 24.6 Å². The SMILES string of the molecule is Cc1ccc(NC(=O)CCc2ncc(-c3ccc(F)cc3F)o2)c(C)c1.